The highest BCUT2D eigenvalue weighted by Crippen LogP contribution is 1.97. The predicted molar refractivity (Wildman–Crippen MR) is 73.2 cm³/mol. The quantitative estimate of drug-likeness (QED) is 0.853. The van der Waals surface area contributed by atoms with Crippen molar-refractivity contribution in [3.8, 4) is 0 Å². The Hall–Kier alpha value is -0.880. The SMILES string of the molecule is Cl.Cl.O=C(NCc1cccnc1)C1COCCN1. The maximum atomic E-state index is 11.7. The maximum absolute atomic E-state index is 11.7. The molecule has 1 unspecified atom stereocenters. The molecule has 1 atom stereocenters. The molecule has 102 valence electrons. The normalized spacial score (nSPS) is 18.1. The van der Waals surface area contributed by atoms with Crippen LogP contribution < -0.4 is 10.6 Å². The summed E-state index contributed by atoms with van der Waals surface area (Å²) in [4.78, 5) is 15.7. The van der Waals surface area contributed by atoms with E-state index in [4.69, 9.17) is 4.74 Å². The lowest BCUT2D eigenvalue weighted by molar-refractivity contribution is -0.126. The van der Waals surface area contributed by atoms with E-state index in [1.54, 1.807) is 12.4 Å². The van der Waals surface area contributed by atoms with Crippen LogP contribution in [0.2, 0.25) is 0 Å². The van der Waals surface area contributed by atoms with Gasteiger partial charge in [-0.05, 0) is 11.6 Å². The molecule has 5 nitrogen and oxygen atoms in total. The van der Waals surface area contributed by atoms with E-state index in [1.165, 1.54) is 0 Å². The number of nitrogens with zero attached hydrogens (tertiary/aromatic N) is 1. The number of hydrogen-bond donors (Lipinski definition) is 2. The third kappa shape index (κ3) is 5.18. The molecule has 1 saturated heterocycles. The summed E-state index contributed by atoms with van der Waals surface area (Å²) >= 11 is 0. The van der Waals surface area contributed by atoms with Gasteiger partial charge in [0.25, 0.3) is 0 Å². The van der Waals surface area contributed by atoms with Crippen LogP contribution in [0.3, 0.4) is 0 Å². The van der Waals surface area contributed by atoms with Gasteiger partial charge in [0, 0.05) is 25.5 Å². The van der Waals surface area contributed by atoms with E-state index in [-0.39, 0.29) is 36.8 Å². The van der Waals surface area contributed by atoms with Crippen molar-refractivity contribution in [2.75, 3.05) is 19.8 Å². The number of nitrogens with one attached hydrogen (secondary N) is 2. The van der Waals surface area contributed by atoms with Gasteiger partial charge in [-0.15, -0.1) is 24.8 Å². The van der Waals surface area contributed by atoms with Gasteiger partial charge in [0.1, 0.15) is 6.04 Å². The molecule has 2 rings (SSSR count). The Morgan fingerprint density at radius 3 is 3.00 bits per heavy atom. The fourth-order valence-electron chi connectivity index (χ4n) is 1.55. The Morgan fingerprint density at radius 2 is 2.39 bits per heavy atom. The molecule has 0 saturated carbocycles. The first kappa shape index (κ1) is 17.1. The number of morpholine rings is 1. The number of amides is 1. The van der Waals surface area contributed by atoms with E-state index >= 15 is 0 Å². The minimum absolute atomic E-state index is 0. The van der Waals surface area contributed by atoms with E-state index in [9.17, 15) is 4.79 Å². The highest BCUT2D eigenvalue weighted by Gasteiger charge is 2.20. The number of carbonyl (C=O) groups is 1. The minimum Gasteiger partial charge on any atom is -0.378 e. The van der Waals surface area contributed by atoms with Crippen LogP contribution in [0.25, 0.3) is 0 Å². The second-order valence-corrected chi connectivity index (χ2v) is 3.66. The van der Waals surface area contributed by atoms with Gasteiger partial charge in [-0.2, -0.15) is 0 Å². The average Bonchev–Trinajstić information content (AvgIpc) is 2.38. The summed E-state index contributed by atoms with van der Waals surface area (Å²) in [6.45, 7) is 2.35. The lowest BCUT2D eigenvalue weighted by Crippen LogP contribution is -2.51. The predicted octanol–water partition coefficient (Wildman–Crippen LogP) is 0.530. The van der Waals surface area contributed by atoms with Gasteiger partial charge in [-0.3, -0.25) is 9.78 Å². The lowest BCUT2D eigenvalue weighted by atomic mass is 10.2. The summed E-state index contributed by atoms with van der Waals surface area (Å²) in [5.41, 5.74) is 0.993. The number of carbonyl (C=O) groups excluding carboxylic acids is 1. The molecule has 1 aromatic heterocycles. The molecule has 2 heterocycles. The molecular formula is C11H17Cl2N3O2. The first-order chi connectivity index (χ1) is 7.86. The second kappa shape index (κ2) is 9.10. The summed E-state index contributed by atoms with van der Waals surface area (Å²) in [6.07, 6.45) is 3.45. The number of ether oxygens (including phenoxy) is 1. The number of hydrogen-bond acceptors (Lipinski definition) is 4. The van der Waals surface area contributed by atoms with E-state index in [0.29, 0.717) is 19.8 Å². The Kier molecular flexibility index (Phi) is 8.66. The molecular weight excluding hydrogens is 277 g/mol. The van der Waals surface area contributed by atoms with Crippen molar-refractivity contribution >= 4 is 30.7 Å². The molecule has 0 radical (unpaired) electrons. The molecule has 0 aliphatic carbocycles. The average molecular weight is 294 g/mol. The topological polar surface area (TPSA) is 63.2 Å². The molecule has 0 spiro atoms. The fourth-order valence-corrected chi connectivity index (χ4v) is 1.55. The van der Waals surface area contributed by atoms with Crippen LogP contribution in [0.4, 0.5) is 0 Å². The second-order valence-electron chi connectivity index (χ2n) is 3.66. The van der Waals surface area contributed by atoms with Gasteiger partial charge in [0.2, 0.25) is 5.91 Å². The zero-order valence-electron chi connectivity index (χ0n) is 9.80. The highest BCUT2D eigenvalue weighted by atomic mass is 35.5. The molecule has 1 fully saturated rings. The molecule has 1 aliphatic rings. The minimum atomic E-state index is -0.231. The smallest absolute Gasteiger partial charge is 0.239 e. The zero-order valence-corrected chi connectivity index (χ0v) is 11.4. The van der Waals surface area contributed by atoms with Gasteiger partial charge >= 0.3 is 0 Å². The summed E-state index contributed by atoms with van der Waals surface area (Å²) < 4.78 is 5.22. The van der Waals surface area contributed by atoms with Gasteiger partial charge in [-0.1, -0.05) is 6.07 Å². The van der Waals surface area contributed by atoms with Crippen LogP contribution in [-0.4, -0.2) is 36.7 Å². The number of pyridine rings is 1. The Morgan fingerprint density at radius 1 is 1.56 bits per heavy atom. The van der Waals surface area contributed by atoms with Crippen molar-refractivity contribution in [1.82, 2.24) is 15.6 Å². The molecule has 7 heteroatoms. The summed E-state index contributed by atoms with van der Waals surface area (Å²) in [7, 11) is 0. The number of rotatable bonds is 3. The van der Waals surface area contributed by atoms with Crippen LogP contribution in [-0.2, 0) is 16.1 Å². The number of halogens is 2. The van der Waals surface area contributed by atoms with Crippen molar-refractivity contribution < 1.29 is 9.53 Å². The van der Waals surface area contributed by atoms with Gasteiger partial charge in [0.05, 0.1) is 13.2 Å². The van der Waals surface area contributed by atoms with Crippen LogP contribution in [0.1, 0.15) is 5.56 Å². The van der Waals surface area contributed by atoms with Gasteiger partial charge in [-0.25, -0.2) is 0 Å². The standard InChI is InChI=1S/C11H15N3O2.2ClH/c15-11(10-8-16-5-4-13-10)14-7-9-2-1-3-12-6-9;;/h1-3,6,10,13H,4-5,7-8H2,(H,14,15);2*1H. The fraction of sp³-hybridized carbons (Fsp3) is 0.455. The van der Waals surface area contributed by atoms with Gasteiger partial charge in [0.15, 0.2) is 0 Å². The molecule has 18 heavy (non-hydrogen) atoms. The van der Waals surface area contributed by atoms with Crippen molar-refractivity contribution in [2.45, 2.75) is 12.6 Å². The van der Waals surface area contributed by atoms with Crippen LogP contribution in [0.5, 0.6) is 0 Å². The van der Waals surface area contributed by atoms with Crippen molar-refractivity contribution in [3.05, 3.63) is 30.1 Å². The third-order valence-corrected chi connectivity index (χ3v) is 2.43. The largest absolute Gasteiger partial charge is 0.378 e. The molecule has 0 aromatic carbocycles. The summed E-state index contributed by atoms with van der Waals surface area (Å²) in [6, 6.07) is 3.55. The first-order valence-electron chi connectivity index (χ1n) is 5.34. The summed E-state index contributed by atoms with van der Waals surface area (Å²) in [5, 5.41) is 5.95. The molecule has 1 aliphatic heterocycles. The Bertz CT molecular complexity index is 345. The highest BCUT2D eigenvalue weighted by molar-refractivity contribution is 5.85. The molecule has 1 amide bonds. The summed E-state index contributed by atoms with van der Waals surface area (Å²) in [5.74, 6) is -0.0245. The number of aromatic nitrogens is 1. The Balaban J connectivity index is 0.00000144. The zero-order chi connectivity index (χ0) is 11.2. The Labute approximate surface area is 119 Å². The van der Waals surface area contributed by atoms with Gasteiger partial charge < -0.3 is 15.4 Å². The molecule has 0 bridgehead atoms. The van der Waals surface area contributed by atoms with E-state index < -0.39 is 0 Å². The van der Waals surface area contributed by atoms with Crippen LogP contribution in [0, 0.1) is 0 Å². The van der Waals surface area contributed by atoms with Crippen molar-refractivity contribution in [2.24, 2.45) is 0 Å². The molecule has 1 aromatic rings. The van der Waals surface area contributed by atoms with Crippen molar-refractivity contribution in [1.29, 1.82) is 0 Å². The third-order valence-electron chi connectivity index (χ3n) is 2.43. The monoisotopic (exact) mass is 293 g/mol. The van der Waals surface area contributed by atoms with E-state index in [1.807, 2.05) is 12.1 Å². The van der Waals surface area contributed by atoms with E-state index in [2.05, 4.69) is 15.6 Å². The maximum Gasteiger partial charge on any atom is 0.239 e. The van der Waals surface area contributed by atoms with E-state index in [0.717, 1.165) is 12.1 Å². The molecule has 2 N–H and O–H groups in total. The van der Waals surface area contributed by atoms with Crippen LogP contribution in [0.15, 0.2) is 24.5 Å². The first-order valence-corrected chi connectivity index (χ1v) is 5.34. The van der Waals surface area contributed by atoms with Crippen molar-refractivity contribution in [3.63, 3.8) is 0 Å². The van der Waals surface area contributed by atoms with Crippen LogP contribution >= 0.6 is 24.8 Å². The lowest BCUT2D eigenvalue weighted by Gasteiger charge is -2.22.